The van der Waals surface area contributed by atoms with E-state index in [0.717, 1.165) is 0 Å². The second-order valence-electron chi connectivity index (χ2n) is 5.26. The van der Waals surface area contributed by atoms with E-state index in [1.165, 1.54) is 16.7 Å². The van der Waals surface area contributed by atoms with Gasteiger partial charge in [0.05, 0.1) is 0 Å². The summed E-state index contributed by atoms with van der Waals surface area (Å²) < 4.78 is 0. The second-order valence-corrected chi connectivity index (χ2v) is 6.37. The van der Waals surface area contributed by atoms with Crippen LogP contribution in [0.2, 0.25) is 0 Å². The maximum atomic E-state index is 11.9. The van der Waals surface area contributed by atoms with Crippen molar-refractivity contribution in [2.75, 3.05) is 19.3 Å². The van der Waals surface area contributed by atoms with Gasteiger partial charge in [0, 0.05) is 24.9 Å². The number of carboxylic acids is 1. The Morgan fingerprint density at radius 3 is 2.76 bits per heavy atom. The number of fused-ring (bicyclic) bond motifs is 1. The third-order valence-corrected chi connectivity index (χ3v) is 5.25. The first-order chi connectivity index (χ1) is 9.91. The molecule has 0 bridgehead atoms. The first kappa shape index (κ1) is 14.2. The predicted octanol–water partition coefficient (Wildman–Crippen LogP) is -0.644. The number of carbonyl (C=O) groups excluding carboxylic acids is 2. The largest absolute Gasteiger partial charge is 0.477 e. The zero-order valence-electron chi connectivity index (χ0n) is 11.4. The molecule has 112 valence electrons. The Labute approximate surface area is 125 Å². The zero-order valence-corrected chi connectivity index (χ0v) is 12.2. The van der Waals surface area contributed by atoms with Crippen LogP contribution in [0.5, 0.6) is 0 Å². The standard InChI is InChI=1S/C13H15N3O4S/c1-15-3-2-6(10(15)17)4-7-5-21-12-8(14)11(18)16(12)9(7)13(19)20/h4,8,12H,2-3,5,14H2,1H3,(H,19,20)/b6-4+. The number of β-lactam (4-membered cyclic amide) rings is 1. The lowest BCUT2D eigenvalue weighted by molar-refractivity contribution is -0.147. The highest BCUT2D eigenvalue weighted by atomic mass is 32.2. The van der Waals surface area contributed by atoms with Crippen molar-refractivity contribution in [3.05, 3.63) is 22.9 Å². The van der Waals surface area contributed by atoms with Gasteiger partial charge < -0.3 is 15.7 Å². The highest BCUT2D eigenvalue weighted by molar-refractivity contribution is 8.00. The van der Waals surface area contributed by atoms with E-state index in [2.05, 4.69) is 0 Å². The van der Waals surface area contributed by atoms with Crippen LogP contribution in [0.15, 0.2) is 22.9 Å². The summed E-state index contributed by atoms with van der Waals surface area (Å²) in [5, 5.41) is 9.09. The van der Waals surface area contributed by atoms with Gasteiger partial charge in [-0.25, -0.2) is 4.79 Å². The van der Waals surface area contributed by atoms with Crippen LogP contribution in [0.25, 0.3) is 0 Å². The van der Waals surface area contributed by atoms with Crippen molar-refractivity contribution in [3.8, 4) is 0 Å². The van der Waals surface area contributed by atoms with E-state index in [1.807, 2.05) is 0 Å². The van der Waals surface area contributed by atoms with Crippen molar-refractivity contribution in [3.63, 3.8) is 0 Å². The molecule has 0 aromatic heterocycles. The van der Waals surface area contributed by atoms with E-state index in [4.69, 9.17) is 5.73 Å². The minimum Gasteiger partial charge on any atom is -0.477 e. The molecule has 2 atom stereocenters. The number of carbonyl (C=O) groups is 3. The Hall–Kier alpha value is -1.80. The van der Waals surface area contributed by atoms with Gasteiger partial charge in [0.2, 0.25) is 11.8 Å². The lowest BCUT2D eigenvalue weighted by Crippen LogP contribution is -2.68. The molecule has 21 heavy (non-hydrogen) atoms. The number of hydrogen-bond donors (Lipinski definition) is 2. The molecule has 2 saturated heterocycles. The van der Waals surface area contributed by atoms with E-state index in [0.29, 0.717) is 29.9 Å². The Kier molecular flexibility index (Phi) is 3.29. The van der Waals surface area contributed by atoms with Crippen LogP contribution in [-0.2, 0) is 14.4 Å². The molecule has 2 fully saturated rings. The summed E-state index contributed by atoms with van der Waals surface area (Å²) >= 11 is 1.43. The topological polar surface area (TPSA) is 104 Å². The van der Waals surface area contributed by atoms with Gasteiger partial charge in [-0.05, 0) is 18.1 Å². The molecule has 2 amide bonds. The Morgan fingerprint density at radius 2 is 2.19 bits per heavy atom. The van der Waals surface area contributed by atoms with Crippen LogP contribution >= 0.6 is 11.8 Å². The fraction of sp³-hybridized carbons (Fsp3) is 0.462. The van der Waals surface area contributed by atoms with Crippen LogP contribution in [0.4, 0.5) is 0 Å². The van der Waals surface area contributed by atoms with Crippen molar-refractivity contribution in [2.24, 2.45) is 5.73 Å². The number of rotatable bonds is 2. The maximum absolute atomic E-state index is 11.9. The van der Waals surface area contributed by atoms with Gasteiger partial charge >= 0.3 is 5.97 Å². The molecular formula is C13H15N3O4S. The van der Waals surface area contributed by atoms with Crippen LogP contribution in [0, 0.1) is 0 Å². The normalized spacial score (nSPS) is 30.9. The van der Waals surface area contributed by atoms with Crippen molar-refractivity contribution < 1.29 is 19.5 Å². The molecule has 3 heterocycles. The van der Waals surface area contributed by atoms with E-state index in [-0.39, 0.29) is 22.9 Å². The van der Waals surface area contributed by atoms with Crippen LogP contribution in [0.1, 0.15) is 6.42 Å². The number of nitrogens with zero attached hydrogens (tertiary/aromatic N) is 2. The van der Waals surface area contributed by atoms with Crippen molar-refractivity contribution in [1.82, 2.24) is 9.80 Å². The number of allylic oxidation sites excluding steroid dienone is 1. The van der Waals surface area contributed by atoms with Crippen molar-refractivity contribution >= 4 is 29.5 Å². The number of carboxylic acid groups (broad SMARTS) is 1. The molecular weight excluding hydrogens is 294 g/mol. The Bertz CT molecular complexity index is 613. The van der Waals surface area contributed by atoms with Gasteiger partial charge in [-0.2, -0.15) is 0 Å². The lowest BCUT2D eigenvalue weighted by atomic mass is 10.0. The Balaban J connectivity index is 1.99. The van der Waals surface area contributed by atoms with Crippen LogP contribution < -0.4 is 5.73 Å². The van der Waals surface area contributed by atoms with Crippen LogP contribution in [0.3, 0.4) is 0 Å². The monoisotopic (exact) mass is 309 g/mol. The van der Waals surface area contributed by atoms with E-state index < -0.39 is 12.0 Å². The van der Waals surface area contributed by atoms with E-state index in [1.54, 1.807) is 18.0 Å². The summed E-state index contributed by atoms with van der Waals surface area (Å²) in [7, 11) is 1.71. The fourth-order valence-electron chi connectivity index (χ4n) is 2.74. The van der Waals surface area contributed by atoms with Gasteiger partial charge in [-0.1, -0.05) is 0 Å². The summed E-state index contributed by atoms with van der Waals surface area (Å²) in [6, 6.07) is -0.641. The number of likely N-dealkylation sites (N-methyl/N-ethyl adjacent to an activating group) is 1. The number of thioether (sulfide) groups is 1. The molecule has 3 aliphatic rings. The number of likely N-dealkylation sites (tertiary alicyclic amines) is 1. The highest BCUT2D eigenvalue weighted by Gasteiger charge is 2.51. The SMILES string of the molecule is CN1CC/C(=C\C2=C(C(=O)O)N3C(=O)C(N)C3SC2)C1=O. The number of aliphatic carboxylic acids is 1. The van der Waals surface area contributed by atoms with Crippen molar-refractivity contribution in [1.29, 1.82) is 0 Å². The maximum Gasteiger partial charge on any atom is 0.352 e. The quantitative estimate of drug-likeness (QED) is 0.519. The van der Waals surface area contributed by atoms with Gasteiger partial charge in [0.1, 0.15) is 17.1 Å². The molecule has 8 heteroatoms. The molecule has 0 saturated carbocycles. The summed E-state index contributed by atoms with van der Waals surface area (Å²) in [6.07, 6.45) is 2.21. The van der Waals surface area contributed by atoms with E-state index in [9.17, 15) is 19.5 Å². The third kappa shape index (κ3) is 2.06. The minimum absolute atomic E-state index is 0.0414. The molecule has 7 nitrogen and oxygen atoms in total. The first-order valence-electron chi connectivity index (χ1n) is 6.54. The smallest absolute Gasteiger partial charge is 0.352 e. The second kappa shape index (κ2) is 4.88. The molecule has 0 aromatic rings. The van der Waals surface area contributed by atoms with E-state index >= 15 is 0 Å². The average molecular weight is 309 g/mol. The summed E-state index contributed by atoms with van der Waals surface area (Å²) in [5.41, 5.74) is 6.73. The lowest BCUT2D eigenvalue weighted by Gasteiger charge is -2.47. The number of amides is 2. The number of nitrogens with two attached hydrogens (primary N) is 1. The molecule has 0 aromatic carbocycles. The molecule has 3 aliphatic heterocycles. The third-order valence-electron chi connectivity index (χ3n) is 3.93. The molecule has 0 spiro atoms. The molecule has 0 aliphatic carbocycles. The minimum atomic E-state index is -1.16. The Morgan fingerprint density at radius 1 is 1.48 bits per heavy atom. The predicted molar refractivity (Wildman–Crippen MR) is 76.1 cm³/mol. The first-order valence-corrected chi connectivity index (χ1v) is 7.59. The zero-order chi connectivity index (χ0) is 15.3. The summed E-state index contributed by atoms with van der Waals surface area (Å²) in [4.78, 5) is 38.0. The average Bonchev–Trinajstić information content (AvgIpc) is 2.77. The fourth-order valence-corrected chi connectivity index (χ4v) is 3.99. The summed E-state index contributed by atoms with van der Waals surface area (Å²) in [6.45, 7) is 0.629. The van der Waals surface area contributed by atoms with Gasteiger partial charge in [-0.3, -0.25) is 14.5 Å². The highest BCUT2D eigenvalue weighted by Crippen LogP contribution is 2.40. The molecule has 2 unspecified atom stereocenters. The van der Waals surface area contributed by atoms with Gasteiger partial charge in [0.15, 0.2) is 0 Å². The molecule has 3 rings (SSSR count). The number of hydrogen-bond acceptors (Lipinski definition) is 5. The molecule has 0 radical (unpaired) electrons. The summed E-state index contributed by atoms with van der Waals surface area (Å²) in [5.74, 6) is -1.20. The van der Waals surface area contributed by atoms with Crippen LogP contribution in [-0.4, -0.2) is 63.5 Å². The van der Waals surface area contributed by atoms with Crippen molar-refractivity contribution in [2.45, 2.75) is 17.8 Å². The van der Waals surface area contributed by atoms with Gasteiger partial charge in [0.25, 0.3) is 0 Å². The van der Waals surface area contributed by atoms with Gasteiger partial charge in [-0.15, -0.1) is 11.8 Å². The molecule has 3 N–H and O–H groups in total.